The van der Waals surface area contributed by atoms with Crippen molar-refractivity contribution in [3.05, 3.63) is 82.4 Å². The summed E-state index contributed by atoms with van der Waals surface area (Å²) in [5, 5.41) is 22.3. The maximum Gasteiger partial charge on any atom is 0.311 e. The van der Waals surface area contributed by atoms with Gasteiger partial charge in [-0.05, 0) is 61.0 Å². The van der Waals surface area contributed by atoms with E-state index in [1.807, 2.05) is 6.07 Å². The molecule has 1 aliphatic heterocycles. The van der Waals surface area contributed by atoms with Gasteiger partial charge in [0.05, 0.1) is 18.1 Å². The van der Waals surface area contributed by atoms with Gasteiger partial charge < -0.3 is 19.9 Å². The lowest BCUT2D eigenvalue weighted by Gasteiger charge is -2.24. The molecule has 7 nitrogen and oxygen atoms in total. The maximum absolute atomic E-state index is 12.4. The highest BCUT2D eigenvalue weighted by atomic mass is 35.5. The van der Waals surface area contributed by atoms with E-state index >= 15 is 0 Å². The fourth-order valence-electron chi connectivity index (χ4n) is 3.38. The number of anilines is 1. The van der Waals surface area contributed by atoms with Crippen LogP contribution in [0.15, 0.2) is 60.7 Å². The van der Waals surface area contributed by atoms with Crippen LogP contribution in [0.3, 0.4) is 0 Å². The smallest absolute Gasteiger partial charge is 0.311 e. The lowest BCUT2D eigenvalue weighted by molar-refractivity contribution is -0.139. The van der Waals surface area contributed by atoms with Crippen LogP contribution in [0.2, 0.25) is 5.02 Å². The topological polar surface area (TPSA) is 109 Å². The number of nitrogens with one attached hydrogen (secondary N) is 1. The molecule has 1 amide bonds. The number of nitriles is 1. The predicted octanol–water partition coefficient (Wildman–Crippen LogP) is 5.21. The first kappa shape index (κ1) is 21.2. The fraction of sp³-hybridized carbons (Fsp3) is 0.125. The molecule has 0 saturated carbocycles. The maximum atomic E-state index is 12.4. The van der Waals surface area contributed by atoms with E-state index in [-0.39, 0.29) is 23.8 Å². The minimum absolute atomic E-state index is 0.199. The molecule has 0 aliphatic carbocycles. The largest absolute Gasteiger partial charge is 0.493 e. The van der Waals surface area contributed by atoms with Gasteiger partial charge in [-0.1, -0.05) is 11.6 Å². The lowest BCUT2D eigenvalue weighted by Crippen LogP contribution is -2.21. The Morgan fingerprint density at radius 3 is 2.50 bits per heavy atom. The SMILES string of the molecule is N#Cc1cc2c(cc1Oc1ccc(C(=O)Nc3ccc(Cl)cc3)cc1)OCCC2C(=O)O. The van der Waals surface area contributed by atoms with Crippen LogP contribution in [0.4, 0.5) is 5.69 Å². The lowest BCUT2D eigenvalue weighted by atomic mass is 9.91. The molecule has 2 N–H and O–H groups in total. The Morgan fingerprint density at radius 1 is 1.12 bits per heavy atom. The van der Waals surface area contributed by atoms with Crippen molar-refractivity contribution >= 4 is 29.2 Å². The van der Waals surface area contributed by atoms with Crippen LogP contribution in [-0.2, 0) is 4.79 Å². The van der Waals surface area contributed by atoms with Crippen LogP contribution in [0, 0.1) is 11.3 Å². The third-order valence-electron chi connectivity index (χ3n) is 5.02. The summed E-state index contributed by atoms with van der Waals surface area (Å²) in [5.41, 5.74) is 1.70. The molecule has 1 unspecified atom stereocenters. The van der Waals surface area contributed by atoms with E-state index in [1.165, 1.54) is 12.1 Å². The average Bonchev–Trinajstić information content (AvgIpc) is 2.80. The molecular formula is C24H17ClN2O5. The molecule has 32 heavy (non-hydrogen) atoms. The molecule has 3 aromatic carbocycles. The highest BCUT2D eigenvalue weighted by molar-refractivity contribution is 6.30. The van der Waals surface area contributed by atoms with E-state index in [9.17, 15) is 20.0 Å². The first-order chi connectivity index (χ1) is 15.4. The Morgan fingerprint density at radius 2 is 1.84 bits per heavy atom. The van der Waals surface area contributed by atoms with Gasteiger partial charge in [0.1, 0.15) is 23.3 Å². The van der Waals surface area contributed by atoms with E-state index in [0.717, 1.165) is 0 Å². The Balaban J connectivity index is 1.52. The van der Waals surface area contributed by atoms with Crippen LogP contribution in [0.25, 0.3) is 0 Å². The second-order valence-electron chi connectivity index (χ2n) is 7.11. The number of rotatable bonds is 5. The van der Waals surface area contributed by atoms with E-state index < -0.39 is 11.9 Å². The van der Waals surface area contributed by atoms with Crippen LogP contribution >= 0.6 is 11.6 Å². The number of nitrogens with zero attached hydrogens (tertiary/aromatic N) is 1. The summed E-state index contributed by atoms with van der Waals surface area (Å²) in [7, 11) is 0. The monoisotopic (exact) mass is 448 g/mol. The molecule has 160 valence electrons. The molecule has 0 spiro atoms. The summed E-state index contributed by atoms with van der Waals surface area (Å²) in [6, 6.07) is 18.3. The summed E-state index contributed by atoms with van der Waals surface area (Å²) < 4.78 is 11.4. The Bertz CT molecular complexity index is 1220. The van der Waals surface area contributed by atoms with Gasteiger partial charge in [0.2, 0.25) is 0 Å². The fourth-order valence-corrected chi connectivity index (χ4v) is 3.51. The quantitative estimate of drug-likeness (QED) is 0.554. The first-order valence-electron chi connectivity index (χ1n) is 9.73. The second kappa shape index (κ2) is 9.00. The number of carbonyl (C=O) groups is 2. The summed E-state index contributed by atoms with van der Waals surface area (Å²) in [6.45, 7) is 0.271. The molecule has 1 heterocycles. The van der Waals surface area contributed by atoms with Crippen molar-refractivity contribution in [2.24, 2.45) is 0 Å². The van der Waals surface area contributed by atoms with Crippen LogP contribution in [0.1, 0.15) is 33.8 Å². The number of benzene rings is 3. The van der Waals surface area contributed by atoms with E-state index in [1.54, 1.807) is 48.5 Å². The number of hydrogen-bond acceptors (Lipinski definition) is 5. The minimum atomic E-state index is -0.959. The zero-order valence-electron chi connectivity index (χ0n) is 16.7. The Kier molecular flexibility index (Phi) is 5.97. The molecule has 1 aliphatic rings. The van der Waals surface area contributed by atoms with Crippen molar-refractivity contribution < 1.29 is 24.2 Å². The standard InChI is InChI=1S/C24H17ClN2O5/c25-16-3-5-17(6-4-16)27-23(28)14-1-7-18(8-2-14)32-21-12-22-20(11-15(21)13-26)19(24(29)30)9-10-31-22/h1-8,11-12,19H,9-10H2,(H,27,28)(H,29,30). The zero-order chi connectivity index (χ0) is 22.7. The summed E-state index contributed by atoms with van der Waals surface area (Å²) in [4.78, 5) is 23.9. The van der Waals surface area contributed by atoms with Crippen molar-refractivity contribution in [1.82, 2.24) is 0 Å². The van der Waals surface area contributed by atoms with E-state index in [4.69, 9.17) is 21.1 Å². The van der Waals surface area contributed by atoms with Crippen molar-refractivity contribution in [3.63, 3.8) is 0 Å². The number of carboxylic acid groups (broad SMARTS) is 1. The van der Waals surface area contributed by atoms with Crippen molar-refractivity contribution in [2.75, 3.05) is 11.9 Å². The van der Waals surface area contributed by atoms with Crippen molar-refractivity contribution in [3.8, 4) is 23.3 Å². The Labute approximate surface area is 188 Å². The minimum Gasteiger partial charge on any atom is -0.493 e. The molecule has 0 radical (unpaired) electrons. The summed E-state index contributed by atoms with van der Waals surface area (Å²) in [5.74, 6) is -0.932. The van der Waals surface area contributed by atoms with E-state index in [2.05, 4.69) is 5.32 Å². The van der Waals surface area contributed by atoms with Gasteiger partial charge in [-0.15, -0.1) is 0 Å². The number of ether oxygens (including phenoxy) is 2. The highest BCUT2D eigenvalue weighted by Crippen LogP contribution is 2.39. The van der Waals surface area contributed by atoms with Crippen molar-refractivity contribution in [1.29, 1.82) is 5.26 Å². The van der Waals surface area contributed by atoms with Crippen LogP contribution in [0.5, 0.6) is 17.2 Å². The van der Waals surface area contributed by atoms with Crippen LogP contribution < -0.4 is 14.8 Å². The van der Waals surface area contributed by atoms with Gasteiger partial charge in [0.15, 0.2) is 0 Å². The zero-order valence-corrected chi connectivity index (χ0v) is 17.4. The molecule has 8 heteroatoms. The van der Waals surface area contributed by atoms with Crippen LogP contribution in [-0.4, -0.2) is 23.6 Å². The third kappa shape index (κ3) is 4.51. The van der Waals surface area contributed by atoms with Gasteiger partial charge in [0, 0.05) is 27.9 Å². The normalized spacial score (nSPS) is 14.4. The third-order valence-corrected chi connectivity index (χ3v) is 5.27. The van der Waals surface area contributed by atoms with Crippen molar-refractivity contribution in [2.45, 2.75) is 12.3 Å². The average molecular weight is 449 g/mol. The summed E-state index contributed by atoms with van der Waals surface area (Å²) >= 11 is 5.85. The summed E-state index contributed by atoms with van der Waals surface area (Å²) in [6.07, 6.45) is 0.340. The number of aliphatic carboxylic acids is 1. The van der Waals surface area contributed by atoms with Gasteiger partial charge in [-0.25, -0.2) is 0 Å². The number of halogens is 1. The number of carboxylic acids is 1. The van der Waals surface area contributed by atoms with Gasteiger partial charge in [-0.3, -0.25) is 9.59 Å². The number of fused-ring (bicyclic) bond motifs is 1. The highest BCUT2D eigenvalue weighted by Gasteiger charge is 2.29. The Hall–Kier alpha value is -4.02. The number of hydrogen-bond donors (Lipinski definition) is 2. The number of amides is 1. The second-order valence-corrected chi connectivity index (χ2v) is 7.55. The van der Waals surface area contributed by atoms with Gasteiger partial charge in [0.25, 0.3) is 5.91 Å². The molecule has 0 bridgehead atoms. The molecule has 0 saturated heterocycles. The molecule has 4 rings (SSSR count). The van der Waals surface area contributed by atoms with Gasteiger partial charge in [-0.2, -0.15) is 5.26 Å². The molecule has 0 aromatic heterocycles. The number of carbonyl (C=O) groups excluding carboxylic acids is 1. The molecular weight excluding hydrogens is 432 g/mol. The molecule has 0 fully saturated rings. The van der Waals surface area contributed by atoms with E-state index in [0.29, 0.717) is 39.8 Å². The predicted molar refractivity (Wildman–Crippen MR) is 118 cm³/mol. The molecule has 3 aromatic rings. The van der Waals surface area contributed by atoms with Gasteiger partial charge >= 0.3 is 5.97 Å². The molecule has 1 atom stereocenters. The first-order valence-corrected chi connectivity index (χ1v) is 10.1.